The van der Waals surface area contributed by atoms with Crippen LogP contribution in [0.5, 0.6) is 0 Å². The zero-order chi connectivity index (χ0) is 16.4. The summed E-state index contributed by atoms with van der Waals surface area (Å²) in [7, 11) is 0. The molecule has 6 heteroatoms. The van der Waals surface area contributed by atoms with Crippen molar-refractivity contribution in [1.29, 1.82) is 0 Å². The van der Waals surface area contributed by atoms with Crippen LogP contribution in [0.4, 0.5) is 11.6 Å². The number of anilines is 2. The molecule has 0 atom stereocenters. The van der Waals surface area contributed by atoms with Crippen LogP contribution in [-0.4, -0.2) is 33.5 Å². The van der Waals surface area contributed by atoms with Crippen molar-refractivity contribution in [2.24, 2.45) is 0 Å². The fourth-order valence-corrected chi connectivity index (χ4v) is 1.97. The molecule has 0 aliphatic heterocycles. The Labute approximate surface area is 132 Å². The Morgan fingerprint density at radius 1 is 0.773 bits per heavy atom. The van der Waals surface area contributed by atoms with Gasteiger partial charge in [0, 0.05) is 47.4 Å². The van der Waals surface area contributed by atoms with Gasteiger partial charge in [0.15, 0.2) is 0 Å². The molecule has 2 heterocycles. The van der Waals surface area contributed by atoms with Gasteiger partial charge in [-0.2, -0.15) is 10.2 Å². The highest BCUT2D eigenvalue weighted by Gasteiger charge is 2.17. The van der Waals surface area contributed by atoms with Crippen molar-refractivity contribution in [3.05, 3.63) is 23.5 Å². The van der Waals surface area contributed by atoms with Gasteiger partial charge in [-0.3, -0.25) is 10.2 Å². The van der Waals surface area contributed by atoms with E-state index in [4.69, 9.17) is 0 Å². The number of hydrogen-bond donors (Lipinski definition) is 4. The van der Waals surface area contributed by atoms with E-state index in [-0.39, 0.29) is 10.8 Å². The minimum absolute atomic E-state index is 0.0869. The van der Waals surface area contributed by atoms with Gasteiger partial charge in [-0.25, -0.2) is 0 Å². The molecule has 0 saturated carbocycles. The van der Waals surface area contributed by atoms with E-state index in [2.05, 4.69) is 84.7 Å². The standard InChI is InChI=1S/C16H28N6/c1-15(2,3)11-9-13(21-19-11)17-7-8-18-14-10-12(20-22-14)16(4,5)6/h9-10H,7-8H2,1-6H3,(H2,17,19,21)(H2,18,20,22). The molecule has 2 aromatic rings. The van der Waals surface area contributed by atoms with Crippen LogP contribution in [0.3, 0.4) is 0 Å². The highest BCUT2D eigenvalue weighted by atomic mass is 15.2. The predicted molar refractivity (Wildman–Crippen MR) is 91.6 cm³/mol. The molecule has 0 saturated heterocycles. The minimum atomic E-state index is 0.0869. The van der Waals surface area contributed by atoms with Gasteiger partial charge in [0.05, 0.1) is 0 Å². The van der Waals surface area contributed by atoms with Gasteiger partial charge >= 0.3 is 0 Å². The molecule has 0 aromatic carbocycles. The molecule has 0 spiro atoms. The molecular weight excluding hydrogens is 276 g/mol. The van der Waals surface area contributed by atoms with Gasteiger partial charge in [0.2, 0.25) is 0 Å². The van der Waals surface area contributed by atoms with E-state index in [1.165, 1.54) is 0 Å². The Kier molecular flexibility index (Phi) is 4.49. The number of nitrogens with zero attached hydrogens (tertiary/aromatic N) is 2. The molecular formula is C16H28N6. The molecule has 122 valence electrons. The summed E-state index contributed by atoms with van der Waals surface area (Å²) in [6.07, 6.45) is 0. The van der Waals surface area contributed by atoms with Crippen LogP contribution >= 0.6 is 0 Å². The smallest absolute Gasteiger partial charge is 0.148 e. The first-order valence-corrected chi connectivity index (χ1v) is 7.76. The molecule has 4 N–H and O–H groups in total. The molecule has 6 nitrogen and oxygen atoms in total. The number of H-pyrrole nitrogens is 2. The summed E-state index contributed by atoms with van der Waals surface area (Å²) in [6.45, 7) is 14.5. The zero-order valence-corrected chi connectivity index (χ0v) is 14.5. The first-order chi connectivity index (χ1) is 10.2. The summed E-state index contributed by atoms with van der Waals surface area (Å²) in [6, 6.07) is 4.12. The minimum Gasteiger partial charge on any atom is -0.367 e. The average Bonchev–Trinajstić information content (AvgIpc) is 3.02. The SMILES string of the molecule is CC(C)(C)c1cc(NCCNc2cc(C(C)(C)C)[nH]n2)n[nH]1. The average molecular weight is 304 g/mol. The lowest BCUT2D eigenvalue weighted by Crippen LogP contribution is -2.14. The van der Waals surface area contributed by atoms with Crippen molar-refractivity contribution in [3.63, 3.8) is 0 Å². The largest absolute Gasteiger partial charge is 0.367 e. The van der Waals surface area contributed by atoms with Crippen molar-refractivity contribution in [3.8, 4) is 0 Å². The van der Waals surface area contributed by atoms with Gasteiger partial charge in [-0.1, -0.05) is 41.5 Å². The number of aromatic nitrogens is 4. The Morgan fingerprint density at radius 3 is 1.41 bits per heavy atom. The third-order valence-corrected chi connectivity index (χ3v) is 3.51. The second-order valence-corrected chi connectivity index (χ2v) is 7.69. The summed E-state index contributed by atoms with van der Waals surface area (Å²) >= 11 is 0. The molecule has 0 radical (unpaired) electrons. The number of hydrogen-bond acceptors (Lipinski definition) is 4. The quantitative estimate of drug-likeness (QED) is 0.639. The van der Waals surface area contributed by atoms with Crippen LogP contribution in [0.25, 0.3) is 0 Å². The van der Waals surface area contributed by atoms with E-state index in [1.807, 2.05) is 0 Å². The molecule has 0 amide bonds. The van der Waals surface area contributed by atoms with Crippen LogP contribution < -0.4 is 10.6 Å². The topological polar surface area (TPSA) is 81.4 Å². The van der Waals surface area contributed by atoms with Crippen LogP contribution in [0.2, 0.25) is 0 Å². The van der Waals surface area contributed by atoms with Crippen molar-refractivity contribution >= 4 is 11.6 Å². The van der Waals surface area contributed by atoms with E-state index < -0.39 is 0 Å². The third-order valence-electron chi connectivity index (χ3n) is 3.51. The van der Waals surface area contributed by atoms with Gasteiger partial charge in [0.25, 0.3) is 0 Å². The Balaban J connectivity index is 1.78. The second-order valence-electron chi connectivity index (χ2n) is 7.69. The predicted octanol–water partition coefficient (Wildman–Crippen LogP) is 3.25. The summed E-state index contributed by atoms with van der Waals surface area (Å²) in [4.78, 5) is 0. The van der Waals surface area contributed by atoms with Crippen LogP contribution in [0, 0.1) is 0 Å². The first kappa shape index (κ1) is 16.4. The Morgan fingerprint density at radius 2 is 1.14 bits per heavy atom. The molecule has 0 aliphatic rings. The van der Waals surface area contributed by atoms with E-state index >= 15 is 0 Å². The lowest BCUT2D eigenvalue weighted by Gasteiger charge is -2.14. The van der Waals surface area contributed by atoms with E-state index in [1.54, 1.807) is 0 Å². The fraction of sp³-hybridized carbons (Fsp3) is 0.625. The summed E-state index contributed by atoms with van der Waals surface area (Å²) in [5.41, 5.74) is 2.43. The molecule has 0 bridgehead atoms. The van der Waals surface area contributed by atoms with Crippen molar-refractivity contribution < 1.29 is 0 Å². The van der Waals surface area contributed by atoms with E-state index in [9.17, 15) is 0 Å². The highest BCUT2D eigenvalue weighted by molar-refractivity contribution is 5.39. The van der Waals surface area contributed by atoms with E-state index in [0.717, 1.165) is 36.1 Å². The van der Waals surface area contributed by atoms with Crippen LogP contribution in [-0.2, 0) is 10.8 Å². The maximum Gasteiger partial charge on any atom is 0.148 e. The molecule has 0 aliphatic carbocycles. The van der Waals surface area contributed by atoms with Crippen LogP contribution in [0.15, 0.2) is 12.1 Å². The highest BCUT2D eigenvalue weighted by Crippen LogP contribution is 2.22. The Bertz CT molecular complexity index is 542. The lowest BCUT2D eigenvalue weighted by molar-refractivity contribution is 0.566. The molecule has 0 unspecified atom stereocenters. The molecule has 2 aromatic heterocycles. The second kappa shape index (κ2) is 6.02. The summed E-state index contributed by atoms with van der Waals surface area (Å²) < 4.78 is 0. The normalized spacial score (nSPS) is 12.5. The molecule has 22 heavy (non-hydrogen) atoms. The fourth-order valence-electron chi connectivity index (χ4n) is 1.97. The first-order valence-electron chi connectivity index (χ1n) is 7.76. The summed E-state index contributed by atoms with van der Waals surface area (Å²) in [5.74, 6) is 1.76. The van der Waals surface area contributed by atoms with Gasteiger partial charge in [-0.15, -0.1) is 0 Å². The van der Waals surface area contributed by atoms with Gasteiger partial charge in [0.1, 0.15) is 11.6 Å². The Hall–Kier alpha value is -1.98. The van der Waals surface area contributed by atoms with Crippen molar-refractivity contribution in [2.75, 3.05) is 23.7 Å². The van der Waals surface area contributed by atoms with Gasteiger partial charge < -0.3 is 10.6 Å². The van der Waals surface area contributed by atoms with Crippen molar-refractivity contribution in [1.82, 2.24) is 20.4 Å². The molecule has 0 fully saturated rings. The number of aromatic amines is 2. The monoisotopic (exact) mass is 304 g/mol. The third kappa shape index (κ3) is 4.26. The van der Waals surface area contributed by atoms with Crippen LogP contribution in [0.1, 0.15) is 52.9 Å². The maximum absolute atomic E-state index is 4.28. The number of nitrogens with one attached hydrogen (secondary N) is 4. The lowest BCUT2D eigenvalue weighted by atomic mass is 9.92. The maximum atomic E-state index is 4.28. The van der Waals surface area contributed by atoms with E-state index in [0.29, 0.717) is 0 Å². The van der Waals surface area contributed by atoms with Crippen molar-refractivity contribution in [2.45, 2.75) is 52.4 Å². The van der Waals surface area contributed by atoms with Gasteiger partial charge in [-0.05, 0) is 0 Å². The zero-order valence-electron chi connectivity index (χ0n) is 14.5. The summed E-state index contributed by atoms with van der Waals surface area (Å²) in [5, 5.41) is 21.3. The number of rotatable bonds is 5. The molecule has 2 rings (SSSR count).